The quantitative estimate of drug-likeness (QED) is 0.370. The van der Waals surface area contributed by atoms with E-state index in [2.05, 4.69) is 21.4 Å². The molecule has 0 radical (unpaired) electrons. The largest absolute Gasteiger partial charge is 0.497 e. The zero-order valence-electron chi connectivity index (χ0n) is 12.5. The van der Waals surface area contributed by atoms with E-state index in [0.717, 1.165) is 22.9 Å². The van der Waals surface area contributed by atoms with Gasteiger partial charge in [-0.25, -0.2) is 0 Å². The minimum Gasteiger partial charge on any atom is -0.497 e. The van der Waals surface area contributed by atoms with Crippen molar-refractivity contribution in [2.24, 2.45) is 10.8 Å². The van der Waals surface area contributed by atoms with Crippen molar-refractivity contribution in [2.75, 3.05) is 25.1 Å². The van der Waals surface area contributed by atoms with Crippen molar-refractivity contribution in [3.63, 3.8) is 0 Å². The highest BCUT2D eigenvalue weighted by Gasteiger charge is 1.96. The molecule has 0 atom stereocenters. The SMILES string of the molecule is COc1ccc(N/N=C(\N)NNc2ccc(OC)cc2)cc1. The molecule has 0 aliphatic carbocycles. The Morgan fingerprint density at radius 3 is 1.86 bits per heavy atom. The lowest BCUT2D eigenvalue weighted by atomic mass is 10.3. The Labute approximate surface area is 129 Å². The summed E-state index contributed by atoms with van der Waals surface area (Å²) in [5, 5.41) is 4.00. The average molecular weight is 301 g/mol. The van der Waals surface area contributed by atoms with Crippen molar-refractivity contribution in [3.8, 4) is 11.5 Å². The van der Waals surface area contributed by atoms with Crippen LogP contribution >= 0.6 is 0 Å². The molecule has 116 valence electrons. The van der Waals surface area contributed by atoms with Crippen LogP contribution in [0.5, 0.6) is 11.5 Å². The Kier molecular flexibility index (Phi) is 5.31. The van der Waals surface area contributed by atoms with Crippen molar-refractivity contribution >= 4 is 17.3 Å². The number of methoxy groups -OCH3 is 2. The Hall–Kier alpha value is -3.09. The standard InChI is InChI=1S/C15H19N5O2/c1-21-13-7-3-11(4-8-13)17-19-15(16)20-18-12-5-9-14(22-2)10-6-12/h3-10,17-18H,1-2H3,(H3,16,19,20). The van der Waals surface area contributed by atoms with Gasteiger partial charge in [0.2, 0.25) is 5.96 Å². The highest BCUT2D eigenvalue weighted by Crippen LogP contribution is 2.15. The Morgan fingerprint density at radius 2 is 1.36 bits per heavy atom. The molecule has 2 rings (SSSR count). The van der Waals surface area contributed by atoms with Crippen molar-refractivity contribution < 1.29 is 9.47 Å². The maximum atomic E-state index is 5.75. The molecule has 7 heteroatoms. The third-order valence-corrected chi connectivity index (χ3v) is 2.82. The molecule has 2 aromatic rings. The first-order valence-electron chi connectivity index (χ1n) is 6.60. The van der Waals surface area contributed by atoms with Crippen LogP contribution in [0.1, 0.15) is 0 Å². The Balaban J connectivity index is 1.83. The maximum Gasteiger partial charge on any atom is 0.230 e. The summed E-state index contributed by atoms with van der Waals surface area (Å²) < 4.78 is 10.2. The van der Waals surface area contributed by atoms with E-state index >= 15 is 0 Å². The van der Waals surface area contributed by atoms with Gasteiger partial charge < -0.3 is 15.2 Å². The predicted octanol–water partition coefficient (Wildman–Crippen LogP) is 1.96. The van der Waals surface area contributed by atoms with Gasteiger partial charge in [-0.1, -0.05) is 0 Å². The topological polar surface area (TPSA) is 92.9 Å². The fourth-order valence-corrected chi connectivity index (χ4v) is 1.63. The van der Waals surface area contributed by atoms with Crippen LogP contribution in [0, 0.1) is 0 Å². The number of hydrazone groups is 1. The number of hydrogen-bond acceptors (Lipinski definition) is 5. The summed E-state index contributed by atoms with van der Waals surface area (Å²) in [6.07, 6.45) is 0. The molecular weight excluding hydrogens is 282 g/mol. The van der Waals surface area contributed by atoms with E-state index in [1.807, 2.05) is 48.5 Å². The van der Waals surface area contributed by atoms with E-state index in [-0.39, 0.29) is 5.96 Å². The summed E-state index contributed by atoms with van der Waals surface area (Å²) >= 11 is 0. The average Bonchev–Trinajstić information content (AvgIpc) is 2.59. The molecular formula is C15H19N5O2. The molecule has 0 aliphatic heterocycles. The minimum absolute atomic E-state index is 0.201. The molecule has 0 fully saturated rings. The number of guanidine groups is 1. The minimum atomic E-state index is 0.201. The number of hydrazine groups is 1. The van der Waals surface area contributed by atoms with E-state index in [4.69, 9.17) is 15.2 Å². The van der Waals surface area contributed by atoms with E-state index in [1.165, 1.54) is 0 Å². The van der Waals surface area contributed by atoms with Crippen LogP contribution in [0.3, 0.4) is 0 Å². The van der Waals surface area contributed by atoms with Crippen LogP contribution in [0.2, 0.25) is 0 Å². The number of hydrogen-bond donors (Lipinski definition) is 4. The van der Waals surface area contributed by atoms with Gasteiger partial charge in [0.1, 0.15) is 11.5 Å². The number of nitrogens with two attached hydrogens (primary N) is 1. The zero-order valence-corrected chi connectivity index (χ0v) is 12.5. The molecule has 22 heavy (non-hydrogen) atoms. The fourth-order valence-electron chi connectivity index (χ4n) is 1.63. The molecule has 5 N–H and O–H groups in total. The van der Waals surface area contributed by atoms with E-state index in [0.29, 0.717) is 0 Å². The molecule has 0 bridgehead atoms. The second kappa shape index (κ2) is 7.63. The summed E-state index contributed by atoms with van der Waals surface area (Å²) in [7, 11) is 3.24. The van der Waals surface area contributed by atoms with Gasteiger partial charge in [-0.05, 0) is 48.5 Å². The van der Waals surface area contributed by atoms with Gasteiger partial charge in [0.15, 0.2) is 0 Å². The van der Waals surface area contributed by atoms with Gasteiger partial charge >= 0.3 is 0 Å². The van der Waals surface area contributed by atoms with Crippen molar-refractivity contribution in [1.29, 1.82) is 0 Å². The normalized spacial score (nSPS) is 10.7. The number of rotatable bonds is 6. The highest BCUT2D eigenvalue weighted by atomic mass is 16.5. The summed E-state index contributed by atoms with van der Waals surface area (Å²) in [5.41, 5.74) is 15.9. The van der Waals surface area contributed by atoms with Gasteiger partial charge in [-0.15, -0.1) is 5.10 Å². The number of nitrogens with zero attached hydrogens (tertiary/aromatic N) is 1. The first kappa shape index (κ1) is 15.3. The van der Waals surface area contributed by atoms with Gasteiger partial charge in [-0.3, -0.25) is 16.3 Å². The van der Waals surface area contributed by atoms with Crippen LogP contribution in [-0.4, -0.2) is 20.2 Å². The first-order chi connectivity index (χ1) is 10.7. The third kappa shape index (κ3) is 4.48. The van der Waals surface area contributed by atoms with Gasteiger partial charge in [0, 0.05) is 0 Å². The van der Waals surface area contributed by atoms with Crippen LogP contribution < -0.4 is 31.5 Å². The molecule has 0 heterocycles. The number of nitrogens with one attached hydrogen (secondary N) is 3. The van der Waals surface area contributed by atoms with Crippen molar-refractivity contribution in [2.45, 2.75) is 0 Å². The summed E-state index contributed by atoms with van der Waals surface area (Å²) in [5.74, 6) is 1.77. The van der Waals surface area contributed by atoms with Crippen molar-refractivity contribution in [3.05, 3.63) is 48.5 Å². The van der Waals surface area contributed by atoms with Gasteiger partial charge in [-0.2, -0.15) is 0 Å². The zero-order chi connectivity index (χ0) is 15.8. The number of ether oxygens (including phenoxy) is 2. The molecule has 2 aromatic carbocycles. The lowest BCUT2D eigenvalue weighted by Crippen LogP contribution is -2.36. The smallest absolute Gasteiger partial charge is 0.230 e. The Morgan fingerprint density at radius 1 is 0.864 bits per heavy atom. The number of anilines is 2. The van der Waals surface area contributed by atoms with Gasteiger partial charge in [0.25, 0.3) is 0 Å². The molecule has 0 spiro atoms. The van der Waals surface area contributed by atoms with Crippen LogP contribution in [0.25, 0.3) is 0 Å². The molecule has 0 amide bonds. The van der Waals surface area contributed by atoms with E-state index in [1.54, 1.807) is 14.2 Å². The molecule has 0 saturated heterocycles. The van der Waals surface area contributed by atoms with E-state index < -0.39 is 0 Å². The molecule has 0 unspecified atom stereocenters. The second-order valence-electron chi connectivity index (χ2n) is 4.32. The predicted molar refractivity (Wildman–Crippen MR) is 88.0 cm³/mol. The lowest BCUT2D eigenvalue weighted by Gasteiger charge is -2.10. The summed E-state index contributed by atoms with van der Waals surface area (Å²) in [6, 6.07) is 14.7. The monoisotopic (exact) mass is 301 g/mol. The summed E-state index contributed by atoms with van der Waals surface area (Å²) in [4.78, 5) is 0. The first-order valence-corrected chi connectivity index (χ1v) is 6.60. The molecule has 0 aromatic heterocycles. The van der Waals surface area contributed by atoms with Crippen molar-refractivity contribution in [1.82, 2.24) is 5.43 Å². The Bertz CT molecular complexity index is 611. The van der Waals surface area contributed by atoms with Crippen LogP contribution in [0.15, 0.2) is 53.6 Å². The van der Waals surface area contributed by atoms with E-state index in [9.17, 15) is 0 Å². The summed E-state index contributed by atoms with van der Waals surface area (Å²) in [6.45, 7) is 0. The number of benzene rings is 2. The van der Waals surface area contributed by atoms with Crippen LogP contribution in [0.4, 0.5) is 11.4 Å². The fraction of sp³-hybridized carbons (Fsp3) is 0.133. The lowest BCUT2D eigenvalue weighted by molar-refractivity contribution is 0.415. The molecule has 0 saturated carbocycles. The van der Waals surface area contributed by atoms with Crippen LogP contribution in [-0.2, 0) is 0 Å². The third-order valence-electron chi connectivity index (χ3n) is 2.82. The molecule has 0 aliphatic rings. The van der Waals surface area contributed by atoms with Gasteiger partial charge in [0.05, 0.1) is 25.6 Å². The maximum absolute atomic E-state index is 5.75. The molecule has 7 nitrogen and oxygen atoms in total. The highest BCUT2D eigenvalue weighted by molar-refractivity contribution is 5.80. The second-order valence-corrected chi connectivity index (χ2v) is 4.32.